The van der Waals surface area contributed by atoms with Crippen molar-refractivity contribution in [1.82, 2.24) is 19.7 Å². The van der Waals surface area contributed by atoms with Crippen LogP contribution >= 0.6 is 0 Å². The maximum Gasteiger partial charge on any atom is 0.280 e. The first-order chi connectivity index (χ1) is 19.2. The van der Waals surface area contributed by atoms with Gasteiger partial charge in [-0.3, -0.25) is 9.59 Å². The summed E-state index contributed by atoms with van der Waals surface area (Å²) in [5, 5.41) is 26.3. The van der Waals surface area contributed by atoms with Crippen molar-refractivity contribution in [2.75, 3.05) is 32.8 Å². The van der Waals surface area contributed by atoms with Crippen LogP contribution in [0.3, 0.4) is 0 Å². The second kappa shape index (κ2) is 16.4. The van der Waals surface area contributed by atoms with Gasteiger partial charge in [-0.2, -0.15) is 17.4 Å². The lowest BCUT2D eigenvalue weighted by atomic mass is 9.83. The Kier molecular flexibility index (Phi) is 13.3. The molecule has 1 aliphatic heterocycles. The van der Waals surface area contributed by atoms with Gasteiger partial charge in [-0.25, -0.2) is 0 Å². The smallest absolute Gasteiger partial charge is 0.280 e. The van der Waals surface area contributed by atoms with Crippen molar-refractivity contribution in [3.05, 3.63) is 35.9 Å². The second-order valence-corrected chi connectivity index (χ2v) is 12.6. The summed E-state index contributed by atoms with van der Waals surface area (Å²) in [5.74, 6) is -0.720. The molecule has 4 atom stereocenters. The molecule has 0 radical (unpaired) electrons. The number of hydrogen-bond acceptors (Lipinski definition) is 7. The Labute approximate surface area is 238 Å². The van der Waals surface area contributed by atoms with Crippen molar-refractivity contribution in [3.63, 3.8) is 0 Å². The molecule has 0 aromatic heterocycles. The van der Waals surface area contributed by atoms with E-state index in [0.717, 1.165) is 31.2 Å². The predicted molar refractivity (Wildman–Crippen MR) is 151 cm³/mol. The van der Waals surface area contributed by atoms with Gasteiger partial charge in [0.1, 0.15) is 6.04 Å². The van der Waals surface area contributed by atoms with Crippen molar-refractivity contribution < 1.29 is 33.0 Å². The van der Waals surface area contributed by atoms with E-state index in [2.05, 4.69) is 15.4 Å². The predicted octanol–water partition coefficient (Wildman–Crippen LogP) is 0.858. The largest absolute Gasteiger partial charge is 0.393 e. The molecule has 2 amide bonds. The van der Waals surface area contributed by atoms with E-state index in [9.17, 15) is 28.2 Å². The maximum absolute atomic E-state index is 13.2. The lowest BCUT2D eigenvalue weighted by molar-refractivity contribution is -0.127. The first-order valence-corrected chi connectivity index (χ1v) is 15.9. The van der Waals surface area contributed by atoms with E-state index in [1.165, 1.54) is 10.7 Å². The highest BCUT2D eigenvalue weighted by Crippen LogP contribution is 2.28. The zero-order valence-corrected chi connectivity index (χ0v) is 24.3. The van der Waals surface area contributed by atoms with Crippen LogP contribution in [0.25, 0.3) is 0 Å². The lowest BCUT2D eigenvalue weighted by Gasteiger charge is -2.31. The van der Waals surface area contributed by atoms with Crippen molar-refractivity contribution in [1.29, 1.82) is 0 Å². The van der Waals surface area contributed by atoms with Gasteiger partial charge in [0, 0.05) is 19.5 Å². The minimum absolute atomic E-state index is 0.107. The Morgan fingerprint density at radius 1 is 1.07 bits per heavy atom. The van der Waals surface area contributed by atoms with Crippen LogP contribution in [0.4, 0.5) is 0 Å². The average molecular weight is 583 g/mol. The summed E-state index contributed by atoms with van der Waals surface area (Å²) in [6.07, 6.45) is 5.30. The number of aliphatic hydroxyl groups is 2. The van der Waals surface area contributed by atoms with Gasteiger partial charge in [0.15, 0.2) is 0 Å². The summed E-state index contributed by atoms with van der Waals surface area (Å²) in [4.78, 5) is 26.1. The number of nitrogens with zero attached hydrogens (tertiary/aromatic N) is 1. The molecule has 0 bridgehead atoms. The molecule has 40 heavy (non-hydrogen) atoms. The standard InChI is InChI=1S/C28H46N4O7S/c1-2-23(33)19-26(34)24(17-21-9-5-3-6-10-21)30-27(35)20-29-28(36)25(18-22-11-7-4-8-12-22)31-40(37,38)32-13-15-39-16-14-32/h4,7-8,11-12,21,23-26,31,33-34H,2-3,5-6,9-10,13-20H2,1H3,(H,29,36)(H,30,35)/t23-,24+,25+,26+/m1/s1. The normalized spacial score (nSPS) is 20.3. The van der Waals surface area contributed by atoms with Crippen LogP contribution in [0.15, 0.2) is 30.3 Å². The number of benzene rings is 1. The van der Waals surface area contributed by atoms with Crippen LogP contribution in [0.2, 0.25) is 0 Å². The summed E-state index contributed by atoms with van der Waals surface area (Å²) < 4.78 is 35.0. The van der Waals surface area contributed by atoms with Crippen molar-refractivity contribution >= 4 is 22.0 Å². The summed E-state index contributed by atoms with van der Waals surface area (Å²) in [5.41, 5.74) is 0.766. The molecular weight excluding hydrogens is 536 g/mol. The number of aliphatic hydroxyl groups excluding tert-OH is 2. The Bertz CT molecular complexity index is 1010. The van der Waals surface area contributed by atoms with E-state index >= 15 is 0 Å². The number of rotatable bonds is 15. The number of carbonyl (C=O) groups excluding carboxylic acids is 2. The van der Waals surface area contributed by atoms with E-state index in [1.54, 1.807) is 12.1 Å². The van der Waals surface area contributed by atoms with Crippen LogP contribution in [-0.2, 0) is 31.0 Å². The van der Waals surface area contributed by atoms with E-state index in [0.29, 0.717) is 18.8 Å². The molecule has 1 aromatic rings. The molecule has 2 fully saturated rings. The highest BCUT2D eigenvalue weighted by Gasteiger charge is 2.31. The Morgan fingerprint density at radius 2 is 1.75 bits per heavy atom. The van der Waals surface area contributed by atoms with Crippen LogP contribution in [0, 0.1) is 5.92 Å². The van der Waals surface area contributed by atoms with Crippen molar-refractivity contribution in [3.8, 4) is 0 Å². The van der Waals surface area contributed by atoms with E-state index < -0.39 is 46.3 Å². The molecule has 1 saturated heterocycles. The van der Waals surface area contributed by atoms with Crippen LogP contribution < -0.4 is 15.4 Å². The minimum Gasteiger partial charge on any atom is -0.393 e. The van der Waals surface area contributed by atoms with Crippen molar-refractivity contribution in [2.45, 2.75) is 89.0 Å². The number of hydrogen-bond donors (Lipinski definition) is 5. The molecule has 2 aliphatic rings. The molecular formula is C28H46N4O7S. The summed E-state index contributed by atoms with van der Waals surface area (Å²) in [6.45, 7) is 2.40. The van der Waals surface area contributed by atoms with E-state index in [4.69, 9.17) is 4.74 Å². The number of carbonyl (C=O) groups is 2. The van der Waals surface area contributed by atoms with Gasteiger partial charge in [0.05, 0.1) is 38.0 Å². The zero-order chi connectivity index (χ0) is 29.0. The fourth-order valence-corrected chi connectivity index (χ4v) is 6.66. The molecule has 5 N–H and O–H groups in total. The zero-order valence-electron chi connectivity index (χ0n) is 23.5. The van der Waals surface area contributed by atoms with Gasteiger partial charge in [0.2, 0.25) is 11.8 Å². The first kappa shape index (κ1) is 32.4. The summed E-state index contributed by atoms with van der Waals surface area (Å²) in [6, 6.07) is 7.37. The highest BCUT2D eigenvalue weighted by molar-refractivity contribution is 7.87. The molecule has 12 heteroatoms. The molecule has 0 spiro atoms. The third-order valence-electron chi connectivity index (χ3n) is 7.73. The molecule has 1 aliphatic carbocycles. The number of amides is 2. The Balaban J connectivity index is 1.63. The highest BCUT2D eigenvalue weighted by atomic mass is 32.2. The van der Waals surface area contributed by atoms with E-state index in [-0.39, 0.29) is 45.7 Å². The Morgan fingerprint density at radius 3 is 2.40 bits per heavy atom. The second-order valence-electron chi connectivity index (χ2n) is 10.9. The SMILES string of the molecule is CC[C@@H](O)C[C@H](O)[C@H](CC1CCCCC1)NC(=O)CNC(=O)[C@H](Cc1ccccc1)NS(=O)(=O)N1CCOCC1. The molecule has 11 nitrogen and oxygen atoms in total. The number of morpholine rings is 1. The third kappa shape index (κ3) is 10.7. The summed E-state index contributed by atoms with van der Waals surface area (Å²) in [7, 11) is -3.96. The molecule has 226 valence electrons. The van der Waals surface area contributed by atoms with Crippen LogP contribution in [-0.4, -0.2) is 91.9 Å². The minimum atomic E-state index is -3.96. The fourth-order valence-electron chi connectivity index (χ4n) is 5.33. The van der Waals surface area contributed by atoms with E-state index in [1.807, 2.05) is 25.1 Å². The lowest BCUT2D eigenvalue weighted by Crippen LogP contribution is -2.55. The Hall–Kier alpha value is -2.09. The van der Waals surface area contributed by atoms with Gasteiger partial charge in [-0.1, -0.05) is 69.4 Å². The molecule has 3 rings (SSSR count). The quantitative estimate of drug-likeness (QED) is 0.205. The van der Waals surface area contributed by atoms with Crippen LogP contribution in [0.1, 0.15) is 63.9 Å². The number of ether oxygens (including phenoxy) is 1. The molecule has 1 aromatic carbocycles. The third-order valence-corrected chi connectivity index (χ3v) is 9.36. The topological polar surface area (TPSA) is 157 Å². The monoisotopic (exact) mass is 582 g/mol. The van der Waals surface area contributed by atoms with Gasteiger partial charge in [0.25, 0.3) is 10.2 Å². The van der Waals surface area contributed by atoms with Gasteiger partial charge in [-0.05, 0) is 30.7 Å². The molecule has 1 saturated carbocycles. The average Bonchev–Trinajstić information content (AvgIpc) is 2.96. The summed E-state index contributed by atoms with van der Waals surface area (Å²) >= 11 is 0. The van der Waals surface area contributed by atoms with Gasteiger partial charge >= 0.3 is 0 Å². The fraction of sp³-hybridized carbons (Fsp3) is 0.714. The van der Waals surface area contributed by atoms with Gasteiger partial charge in [-0.15, -0.1) is 0 Å². The first-order valence-electron chi connectivity index (χ1n) is 14.5. The molecule has 1 heterocycles. The maximum atomic E-state index is 13.2. The van der Waals surface area contributed by atoms with Gasteiger partial charge < -0.3 is 25.6 Å². The number of nitrogens with one attached hydrogen (secondary N) is 3. The van der Waals surface area contributed by atoms with Crippen molar-refractivity contribution in [2.24, 2.45) is 5.92 Å². The van der Waals surface area contributed by atoms with Crippen LogP contribution in [0.5, 0.6) is 0 Å². The molecule has 0 unspecified atom stereocenters.